The normalized spacial score (nSPS) is 10.4. The molecule has 0 unspecified atom stereocenters. The molecule has 2 rings (SSSR count). The summed E-state index contributed by atoms with van der Waals surface area (Å²) in [4.78, 5) is 4.29. The SMILES string of the molecule is COc1ccccc1-c1ccc(OC(C)C)nc1. The van der Waals surface area contributed by atoms with Gasteiger partial charge in [-0.3, -0.25) is 0 Å². The molecule has 0 amide bonds. The number of aromatic nitrogens is 1. The summed E-state index contributed by atoms with van der Waals surface area (Å²) in [6.07, 6.45) is 1.94. The predicted octanol–water partition coefficient (Wildman–Crippen LogP) is 3.54. The van der Waals surface area contributed by atoms with Crippen LogP contribution in [0.15, 0.2) is 42.6 Å². The molecule has 0 fully saturated rings. The van der Waals surface area contributed by atoms with Gasteiger partial charge in [0.25, 0.3) is 0 Å². The lowest BCUT2D eigenvalue weighted by atomic mass is 10.1. The first-order valence-electron chi connectivity index (χ1n) is 5.97. The molecule has 0 saturated carbocycles. The number of rotatable bonds is 4. The largest absolute Gasteiger partial charge is 0.496 e. The van der Waals surface area contributed by atoms with E-state index < -0.39 is 0 Å². The van der Waals surface area contributed by atoms with Crippen molar-refractivity contribution >= 4 is 0 Å². The summed E-state index contributed by atoms with van der Waals surface area (Å²) in [5.74, 6) is 1.49. The van der Waals surface area contributed by atoms with Gasteiger partial charge in [-0.05, 0) is 26.0 Å². The fourth-order valence-corrected chi connectivity index (χ4v) is 1.73. The summed E-state index contributed by atoms with van der Waals surface area (Å²) in [5, 5.41) is 0. The summed E-state index contributed by atoms with van der Waals surface area (Å²) in [6.45, 7) is 3.96. The van der Waals surface area contributed by atoms with Crippen molar-refractivity contribution in [2.24, 2.45) is 0 Å². The van der Waals surface area contributed by atoms with Crippen molar-refractivity contribution in [1.82, 2.24) is 4.98 Å². The minimum absolute atomic E-state index is 0.134. The highest BCUT2D eigenvalue weighted by Gasteiger charge is 2.06. The van der Waals surface area contributed by atoms with Gasteiger partial charge in [0.05, 0.1) is 13.2 Å². The maximum Gasteiger partial charge on any atom is 0.213 e. The van der Waals surface area contributed by atoms with Crippen molar-refractivity contribution < 1.29 is 9.47 Å². The minimum Gasteiger partial charge on any atom is -0.496 e. The first-order valence-corrected chi connectivity index (χ1v) is 5.97. The van der Waals surface area contributed by atoms with Crippen LogP contribution >= 0.6 is 0 Å². The molecule has 0 aliphatic rings. The zero-order valence-corrected chi connectivity index (χ0v) is 10.9. The highest BCUT2D eigenvalue weighted by molar-refractivity contribution is 5.69. The van der Waals surface area contributed by atoms with Gasteiger partial charge in [0.1, 0.15) is 5.75 Å². The Morgan fingerprint density at radius 3 is 2.44 bits per heavy atom. The van der Waals surface area contributed by atoms with Crippen LogP contribution in [-0.2, 0) is 0 Å². The van der Waals surface area contributed by atoms with E-state index in [1.807, 2.05) is 50.2 Å². The third kappa shape index (κ3) is 2.80. The van der Waals surface area contributed by atoms with E-state index in [2.05, 4.69) is 4.98 Å². The van der Waals surface area contributed by atoms with Crippen LogP contribution in [0.25, 0.3) is 11.1 Å². The van der Waals surface area contributed by atoms with Gasteiger partial charge in [-0.25, -0.2) is 4.98 Å². The van der Waals surface area contributed by atoms with E-state index in [4.69, 9.17) is 9.47 Å². The molecule has 3 nitrogen and oxygen atoms in total. The van der Waals surface area contributed by atoms with Crippen molar-refractivity contribution in [2.75, 3.05) is 7.11 Å². The van der Waals surface area contributed by atoms with Gasteiger partial charge in [-0.1, -0.05) is 18.2 Å². The minimum atomic E-state index is 0.134. The predicted molar refractivity (Wildman–Crippen MR) is 72.0 cm³/mol. The molecule has 0 bridgehead atoms. The Morgan fingerprint density at radius 1 is 1.06 bits per heavy atom. The third-order valence-electron chi connectivity index (χ3n) is 2.51. The molecule has 0 aliphatic heterocycles. The van der Waals surface area contributed by atoms with E-state index in [9.17, 15) is 0 Å². The monoisotopic (exact) mass is 243 g/mol. The molecule has 18 heavy (non-hydrogen) atoms. The molecule has 0 saturated heterocycles. The number of hydrogen-bond acceptors (Lipinski definition) is 3. The van der Waals surface area contributed by atoms with Crippen molar-refractivity contribution in [1.29, 1.82) is 0 Å². The van der Waals surface area contributed by atoms with Crippen LogP contribution in [0.1, 0.15) is 13.8 Å². The summed E-state index contributed by atoms with van der Waals surface area (Å²) in [6, 6.07) is 11.7. The molecule has 1 aromatic carbocycles. The second-order valence-electron chi connectivity index (χ2n) is 4.25. The quantitative estimate of drug-likeness (QED) is 0.823. The number of hydrogen-bond donors (Lipinski definition) is 0. The maximum absolute atomic E-state index is 5.52. The van der Waals surface area contributed by atoms with Gasteiger partial charge in [-0.2, -0.15) is 0 Å². The smallest absolute Gasteiger partial charge is 0.213 e. The van der Waals surface area contributed by atoms with Crippen LogP contribution in [0.2, 0.25) is 0 Å². The Labute approximate surface area is 107 Å². The van der Waals surface area contributed by atoms with Crippen molar-refractivity contribution in [3.05, 3.63) is 42.6 Å². The molecule has 0 N–H and O–H groups in total. The van der Waals surface area contributed by atoms with Gasteiger partial charge >= 0.3 is 0 Å². The Morgan fingerprint density at radius 2 is 1.83 bits per heavy atom. The number of pyridine rings is 1. The highest BCUT2D eigenvalue weighted by atomic mass is 16.5. The Kier molecular flexibility index (Phi) is 3.82. The molecule has 94 valence electrons. The molecule has 2 aromatic rings. The Bertz CT molecular complexity index is 506. The molecule has 0 spiro atoms. The second-order valence-corrected chi connectivity index (χ2v) is 4.25. The average molecular weight is 243 g/mol. The summed E-state index contributed by atoms with van der Waals surface area (Å²) in [5.41, 5.74) is 2.05. The highest BCUT2D eigenvalue weighted by Crippen LogP contribution is 2.29. The van der Waals surface area contributed by atoms with Gasteiger partial charge in [0.2, 0.25) is 5.88 Å². The van der Waals surface area contributed by atoms with E-state index in [-0.39, 0.29) is 6.10 Å². The third-order valence-corrected chi connectivity index (χ3v) is 2.51. The van der Waals surface area contributed by atoms with Crippen LogP contribution in [0.5, 0.6) is 11.6 Å². The second kappa shape index (κ2) is 5.54. The molecule has 0 radical (unpaired) electrons. The molecule has 1 aromatic heterocycles. The van der Waals surface area contributed by atoms with Gasteiger partial charge in [0.15, 0.2) is 0 Å². The van der Waals surface area contributed by atoms with E-state index in [1.54, 1.807) is 13.3 Å². The Balaban J connectivity index is 2.28. The van der Waals surface area contributed by atoms with Gasteiger partial charge < -0.3 is 9.47 Å². The van der Waals surface area contributed by atoms with Crippen LogP contribution in [0.3, 0.4) is 0 Å². The van der Waals surface area contributed by atoms with Crippen LogP contribution in [-0.4, -0.2) is 18.2 Å². The summed E-state index contributed by atoms with van der Waals surface area (Å²) >= 11 is 0. The average Bonchev–Trinajstić information content (AvgIpc) is 2.39. The lowest BCUT2D eigenvalue weighted by Gasteiger charge is -2.10. The number of benzene rings is 1. The van der Waals surface area contributed by atoms with Crippen molar-refractivity contribution in [3.63, 3.8) is 0 Å². The molecule has 0 atom stereocenters. The first-order chi connectivity index (χ1) is 8.70. The Hall–Kier alpha value is -2.03. The van der Waals surface area contributed by atoms with E-state index in [0.717, 1.165) is 16.9 Å². The zero-order chi connectivity index (χ0) is 13.0. The topological polar surface area (TPSA) is 31.4 Å². The lowest BCUT2D eigenvalue weighted by molar-refractivity contribution is 0.232. The fourth-order valence-electron chi connectivity index (χ4n) is 1.73. The molecule has 3 heteroatoms. The molecular weight excluding hydrogens is 226 g/mol. The van der Waals surface area contributed by atoms with E-state index >= 15 is 0 Å². The van der Waals surface area contributed by atoms with Gasteiger partial charge in [-0.15, -0.1) is 0 Å². The molecule has 1 heterocycles. The standard InChI is InChI=1S/C15H17NO2/c1-11(2)18-15-9-8-12(10-16-15)13-6-4-5-7-14(13)17-3/h4-11H,1-3H3. The number of methoxy groups -OCH3 is 1. The van der Waals surface area contributed by atoms with E-state index in [0.29, 0.717) is 5.88 Å². The number of para-hydroxylation sites is 1. The van der Waals surface area contributed by atoms with Crippen LogP contribution in [0, 0.1) is 0 Å². The number of nitrogens with zero attached hydrogens (tertiary/aromatic N) is 1. The lowest BCUT2D eigenvalue weighted by Crippen LogP contribution is -2.06. The van der Waals surface area contributed by atoms with E-state index in [1.165, 1.54) is 0 Å². The molecular formula is C15H17NO2. The maximum atomic E-state index is 5.52. The fraction of sp³-hybridized carbons (Fsp3) is 0.267. The van der Waals surface area contributed by atoms with Crippen LogP contribution < -0.4 is 9.47 Å². The van der Waals surface area contributed by atoms with Crippen LogP contribution in [0.4, 0.5) is 0 Å². The first kappa shape index (κ1) is 12.4. The number of ether oxygens (including phenoxy) is 2. The summed E-state index contributed by atoms with van der Waals surface area (Å²) in [7, 11) is 1.67. The zero-order valence-electron chi connectivity index (χ0n) is 10.9. The van der Waals surface area contributed by atoms with Crippen molar-refractivity contribution in [2.45, 2.75) is 20.0 Å². The molecule has 0 aliphatic carbocycles. The summed E-state index contributed by atoms with van der Waals surface area (Å²) < 4.78 is 10.9. The van der Waals surface area contributed by atoms with Crippen molar-refractivity contribution in [3.8, 4) is 22.8 Å². The van der Waals surface area contributed by atoms with Gasteiger partial charge in [0, 0.05) is 23.4 Å².